The third-order valence-corrected chi connectivity index (χ3v) is 2.88. The van der Waals surface area contributed by atoms with Crippen LogP contribution < -0.4 is 11.5 Å². The largest absolute Gasteiger partial charge is 0.369 e. The van der Waals surface area contributed by atoms with E-state index in [-0.39, 0.29) is 13.1 Å². The van der Waals surface area contributed by atoms with Gasteiger partial charge in [-0.3, -0.25) is 14.5 Å². The first kappa shape index (κ1) is 13.7. The highest BCUT2D eigenvalue weighted by Gasteiger charge is 2.12. The van der Waals surface area contributed by atoms with Crippen molar-refractivity contribution in [1.29, 1.82) is 0 Å². The van der Waals surface area contributed by atoms with Crippen molar-refractivity contribution in [2.75, 3.05) is 13.1 Å². The van der Waals surface area contributed by atoms with Crippen LogP contribution in [-0.4, -0.2) is 29.8 Å². The lowest BCUT2D eigenvalue weighted by Crippen LogP contribution is -2.39. The molecule has 0 bridgehead atoms. The second-order valence-corrected chi connectivity index (χ2v) is 4.52. The monoisotopic (exact) mass is 299 g/mol. The van der Waals surface area contributed by atoms with Crippen molar-refractivity contribution < 1.29 is 9.59 Å². The maximum Gasteiger partial charge on any atom is 0.231 e. The van der Waals surface area contributed by atoms with Crippen molar-refractivity contribution in [1.82, 2.24) is 4.90 Å². The predicted molar refractivity (Wildman–Crippen MR) is 67.8 cm³/mol. The van der Waals surface area contributed by atoms with E-state index in [0.29, 0.717) is 6.54 Å². The number of rotatable bonds is 6. The van der Waals surface area contributed by atoms with E-state index in [1.165, 1.54) is 0 Å². The van der Waals surface area contributed by atoms with Gasteiger partial charge in [0.05, 0.1) is 13.1 Å². The zero-order valence-electron chi connectivity index (χ0n) is 9.23. The smallest absolute Gasteiger partial charge is 0.231 e. The summed E-state index contributed by atoms with van der Waals surface area (Å²) in [6, 6.07) is 7.56. The summed E-state index contributed by atoms with van der Waals surface area (Å²) >= 11 is 3.40. The third-order valence-electron chi connectivity index (χ3n) is 2.11. The van der Waals surface area contributed by atoms with Gasteiger partial charge >= 0.3 is 0 Å². The fourth-order valence-electron chi connectivity index (χ4n) is 1.48. The lowest BCUT2D eigenvalue weighted by atomic mass is 10.2. The Balaban J connectivity index is 2.75. The molecule has 4 N–H and O–H groups in total. The zero-order valence-corrected chi connectivity index (χ0v) is 10.8. The molecule has 2 amide bonds. The van der Waals surface area contributed by atoms with Gasteiger partial charge in [-0.05, 0) is 11.6 Å². The Morgan fingerprint density at radius 2 is 1.65 bits per heavy atom. The van der Waals surface area contributed by atoms with Crippen LogP contribution in [0.4, 0.5) is 0 Å². The molecule has 5 nitrogen and oxygen atoms in total. The zero-order chi connectivity index (χ0) is 12.8. The highest BCUT2D eigenvalue weighted by Crippen LogP contribution is 2.17. The molecule has 0 unspecified atom stereocenters. The molecule has 0 heterocycles. The summed E-state index contributed by atoms with van der Waals surface area (Å²) in [5, 5.41) is 0. The lowest BCUT2D eigenvalue weighted by molar-refractivity contribution is -0.122. The molecule has 1 aromatic carbocycles. The fraction of sp³-hybridized carbons (Fsp3) is 0.273. The predicted octanol–water partition coefficient (Wildman–Crippen LogP) is 0.222. The van der Waals surface area contributed by atoms with Gasteiger partial charge in [0.2, 0.25) is 11.8 Å². The van der Waals surface area contributed by atoms with E-state index in [4.69, 9.17) is 11.5 Å². The second-order valence-electron chi connectivity index (χ2n) is 3.67. The van der Waals surface area contributed by atoms with E-state index in [9.17, 15) is 9.59 Å². The second kappa shape index (κ2) is 6.36. The summed E-state index contributed by atoms with van der Waals surface area (Å²) in [5.41, 5.74) is 11.2. The van der Waals surface area contributed by atoms with Crippen LogP contribution in [-0.2, 0) is 16.1 Å². The Kier molecular flexibility index (Phi) is 5.11. The molecular formula is C11H14BrN3O2. The standard InChI is InChI=1S/C11H14BrN3O2/c12-9-4-2-1-3-8(9)5-15(6-10(13)16)7-11(14)17/h1-4H,5-7H2,(H2,13,16)(H2,14,17). The third kappa shape index (κ3) is 4.97. The normalized spacial score (nSPS) is 10.5. The van der Waals surface area contributed by atoms with Crippen molar-refractivity contribution in [3.8, 4) is 0 Å². The number of carbonyl (C=O) groups excluding carboxylic acids is 2. The van der Waals surface area contributed by atoms with Crippen molar-refractivity contribution in [2.45, 2.75) is 6.54 Å². The van der Waals surface area contributed by atoms with E-state index < -0.39 is 11.8 Å². The minimum Gasteiger partial charge on any atom is -0.369 e. The summed E-state index contributed by atoms with van der Waals surface area (Å²) in [6.45, 7) is 0.446. The average Bonchev–Trinajstić information content (AvgIpc) is 2.19. The number of hydrogen-bond donors (Lipinski definition) is 2. The maximum absolute atomic E-state index is 10.9. The lowest BCUT2D eigenvalue weighted by Gasteiger charge is -2.19. The number of benzene rings is 1. The van der Waals surface area contributed by atoms with Gasteiger partial charge in [-0.2, -0.15) is 0 Å². The quantitative estimate of drug-likeness (QED) is 0.787. The van der Waals surface area contributed by atoms with Gasteiger partial charge in [-0.15, -0.1) is 0 Å². The molecule has 1 aromatic rings. The molecule has 92 valence electrons. The molecule has 0 saturated carbocycles. The van der Waals surface area contributed by atoms with Crippen LogP contribution in [0.3, 0.4) is 0 Å². The number of amides is 2. The molecule has 0 aromatic heterocycles. The first-order valence-corrected chi connectivity index (χ1v) is 5.80. The van der Waals surface area contributed by atoms with E-state index in [1.807, 2.05) is 24.3 Å². The summed E-state index contributed by atoms with van der Waals surface area (Å²) in [7, 11) is 0. The molecule has 0 fully saturated rings. The van der Waals surface area contributed by atoms with Crippen LogP contribution in [0.5, 0.6) is 0 Å². The highest BCUT2D eigenvalue weighted by molar-refractivity contribution is 9.10. The SMILES string of the molecule is NC(=O)CN(CC(N)=O)Cc1ccccc1Br. The van der Waals surface area contributed by atoms with Gasteiger partial charge in [0.15, 0.2) is 0 Å². The summed E-state index contributed by atoms with van der Waals surface area (Å²) in [4.78, 5) is 23.4. The Hall–Kier alpha value is -1.40. The number of carbonyl (C=O) groups is 2. The molecule has 6 heteroatoms. The van der Waals surface area contributed by atoms with E-state index in [1.54, 1.807) is 4.90 Å². The molecule has 17 heavy (non-hydrogen) atoms. The summed E-state index contributed by atoms with van der Waals surface area (Å²) in [5.74, 6) is -0.975. The van der Waals surface area contributed by atoms with E-state index >= 15 is 0 Å². The number of hydrogen-bond acceptors (Lipinski definition) is 3. The van der Waals surface area contributed by atoms with Crippen molar-refractivity contribution in [3.63, 3.8) is 0 Å². The average molecular weight is 300 g/mol. The number of nitrogens with zero attached hydrogens (tertiary/aromatic N) is 1. The van der Waals surface area contributed by atoms with Gasteiger partial charge in [0, 0.05) is 11.0 Å². The maximum atomic E-state index is 10.9. The first-order valence-electron chi connectivity index (χ1n) is 5.01. The number of halogens is 1. The topological polar surface area (TPSA) is 89.4 Å². The minimum atomic E-state index is -0.488. The van der Waals surface area contributed by atoms with Crippen molar-refractivity contribution >= 4 is 27.7 Å². The van der Waals surface area contributed by atoms with Gasteiger partial charge in [0.25, 0.3) is 0 Å². The molecule has 0 spiro atoms. The minimum absolute atomic E-state index is 0.00424. The molecule has 0 atom stereocenters. The highest BCUT2D eigenvalue weighted by atomic mass is 79.9. The van der Waals surface area contributed by atoms with Crippen LogP contribution in [0.1, 0.15) is 5.56 Å². The molecule has 0 aliphatic heterocycles. The van der Waals surface area contributed by atoms with Crippen molar-refractivity contribution in [3.05, 3.63) is 34.3 Å². The first-order chi connectivity index (χ1) is 7.99. The van der Waals surface area contributed by atoms with Gasteiger partial charge in [-0.25, -0.2) is 0 Å². The van der Waals surface area contributed by atoms with E-state index in [2.05, 4.69) is 15.9 Å². The Morgan fingerprint density at radius 3 is 2.12 bits per heavy atom. The Bertz CT molecular complexity index is 407. The molecule has 0 aliphatic rings. The van der Waals surface area contributed by atoms with E-state index in [0.717, 1.165) is 10.0 Å². The summed E-state index contributed by atoms with van der Waals surface area (Å²) < 4.78 is 0.916. The van der Waals surface area contributed by atoms with Gasteiger partial charge in [0.1, 0.15) is 0 Å². The molecule has 1 rings (SSSR count). The van der Waals surface area contributed by atoms with Crippen LogP contribution in [0, 0.1) is 0 Å². The number of primary amides is 2. The van der Waals surface area contributed by atoms with Crippen molar-refractivity contribution in [2.24, 2.45) is 11.5 Å². The molecule has 0 radical (unpaired) electrons. The molecule has 0 saturated heterocycles. The summed E-state index contributed by atoms with van der Waals surface area (Å²) in [6.07, 6.45) is 0. The number of nitrogens with two attached hydrogens (primary N) is 2. The Labute approximate surface area is 108 Å². The molecular weight excluding hydrogens is 286 g/mol. The van der Waals surface area contributed by atoms with Gasteiger partial charge < -0.3 is 11.5 Å². The fourth-order valence-corrected chi connectivity index (χ4v) is 1.89. The van der Waals surface area contributed by atoms with Crippen LogP contribution in [0.15, 0.2) is 28.7 Å². The van der Waals surface area contributed by atoms with Crippen LogP contribution in [0.25, 0.3) is 0 Å². The molecule has 0 aliphatic carbocycles. The van der Waals surface area contributed by atoms with Gasteiger partial charge in [-0.1, -0.05) is 34.1 Å². The van der Waals surface area contributed by atoms with Crippen LogP contribution in [0.2, 0.25) is 0 Å². The van der Waals surface area contributed by atoms with Crippen LogP contribution >= 0.6 is 15.9 Å². The Morgan fingerprint density at radius 1 is 1.12 bits per heavy atom.